The van der Waals surface area contributed by atoms with Crippen LogP contribution >= 0.6 is 0 Å². The fraction of sp³-hybridized carbons (Fsp3) is 0.182. The summed E-state index contributed by atoms with van der Waals surface area (Å²) < 4.78 is 25.0. The number of carbonyl (C=O) groups is 3. The van der Waals surface area contributed by atoms with E-state index in [0.717, 1.165) is 6.07 Å². The number of carbonyl (C=O) groups excluding carboxylic acids is 3. The van der Waals surface area contributed by atoms with Gasteiger partial charge in [0, 0.05) is 18.3 Å². The molecule has 1 aromatic heterocycles. The predicted molar refractivity (Wildman–Crippen MR) is 157 cm³/mol. The molecule has 1 N–H and O–H groups in total. The molecule has 0 saturated carbocycles. The Balaban J connectivity index is 1.54. The van der Waals surface area contributed by atoms with Crippen molar-refractivity contribution in [1.82, 2.24) is 9.55 Å². The van der Waals surface area contributed by atoms with E-state index >= 15 is 0 Å². The van der Waals surface area contributed by atoms with Crippen molar-refractivity contribution in [2.75, 3.05) is 6.61 Å². The number of allylic oxidation sites excluding steroid dienone is 1. The van der Waals surface area contributed by atoms with Gasteiger partial charge in [0.2, 0.25) is 0 Å². The zero-order valence-electron chi connectivity index (χ0n) is 23.5. The second-order valence-corrected chi connectivity index (χ2v) is 9.82. The number of aliphatic hydroxyl groups is 1. The second kappa shape index (κ2) is 13.6. The molecule has 2 heterocycles. The lowest BCUT2D eigenvalue weighted by molar-refractivity contribution is -0.0629. The minimum Gasteiger partial charge on any atom is -0.512 e. The summed E-state index contributed by atoms with van der Waals surface area (Å²) in [5.74, 6) is -2.29. The van der Waals surface area contributed by atoms with Crippen LogP contribution in [0.3, 0.4) is 0 Å². The fourth-order valence-corrected chi connectivity index (χ4v) is 4.62. The van der Waals surface area contributed by atoms with E-state index < -0.39 is 48.0 Å². The first-order chi connectivity index (χ1) is 21.3. The van der Waals surface area contributed by atoms with Crippen LogP contribution in [0.2, 0.25) is 0 Å². The van der Waals surface area contributed by atoms with Crippen molar-refractivity contribution in [1.29, 1.82) is 0 Å². The summed E-state index contributed by atoms with van der Waals surface area (Å²) in [7, 11) is 0. The highest BCUT2D eigenvalue weighted by molar-refractivity contribution is 5.91. The average Bonchev–Trinajstić information content (AvgIpc) is 3.36. The molecule has 4 atom stereocenters. The van der Waals surface area contributed by atoms with Gasteiger partial charge in [-0.3, -0.25) is 4.79 Å². The molecule has 44 heavy (non-hydrogen) atoms. The van der Waals surface area contributed by atoms with Gasteiger partial charge in [-0.15, -0.1) is 0 Å². The van der Waals surface area contributed by atoms with Crippen LogP contribution in [0.25, 0.3) is 6.08 Å². The van der Waals surface area contributed by atoms with Crippen LogP contribution in [0.15, 0.2) is 114 Å². The van der Waals surface area contributed by atoms with E-state index in [4.69, 9.17) is 18.9 Å². The molecule has 11 heteroatoms. The summed E-state index contributed by atoms with van der Waals surface area (Å²) in [6, 6.07) is 25.8. The van der Waals surface area contributed by atoms with Crippen LogP contribution in [-0.2, 0) is 18.9 Å². The lowest BCUT2D eigenvalue weighted by Crippen LogP contribution is -2.41. The molecule has 0 radical (unpaired) electrons. The van der Waals surface area contributed by atoms with Crippen LogP contribution < -0.4 is 5.56 Å². The molecule has 1 aliphatic rings. The first kappa shape index (κ1) is 29.9. The van der Waals surface area contributed by atoms with E-state index in [1.165, 1.54) is 23.8 Å². The van der Waals surface area contributed by atoms with Crippen molar-refractivity contribution in [3.8, 4) is 0 Å². The number of aliphatic hydroxyl groups excluding tert-OH is 1. The maximum atomic E-state index is 13.3. The number of hydrogen-bond acceptors (Lipinski definition) is 10. The first-order valence-electron chi connectivity index (χ1n) is 13.7. The SMILES string of the molecule is C/C(O)=C/c1nc(=O)ccn1[C@@H]1O[C@H](COC(=O)c2ccccc2)[C@@H](OC(=O)c2ccccc2)[C@H]1OC(=O)c1ccccc1. The second-order valence-electron chi connectivity index (χ2n) is 9.82. The van der Waals surface area contributed by atoms with E-state index in [0.29, 0.717) is 5.56 Å². The predicted octanol–water partition coefficient (Wildman–Crippen LogP) is 4.37. The summed E-state index contributed by atoms with van der Waals surface area (Å²) in [4.78, 5) is 55.5. The molecule has 0 spiro atoms. The van der Waals surface area contributed by atoms with Crippen molar-refractivity contribution >= 4 is 24.0 Å². The molecule has 1 fully saturated rings. The number of ether oxygens (including phenoxy) is 4. The van der Waals surface area contributed by atoms with Gasteiger partial charge in [-0.05, 0) is 43.3 Å². The smallest absolute Gasteiger partial charge is 0.338 e. The van der Waals surface area contributed by atoms with Gasteiger partial charge in [-0.2, -0.15) is 4.98 Å². The van der Waals surface area contributed by atoms with Crippen molar-refractivity contribution in [3.63, 3.8) is 0 Å². The van der Waals surface area contributed by atoms with Gasteiger partial charge in [0.25, 0.3) is 5.56 Å². The molecular weight excluding hydrogens is 568 g/mol. The third kappa shape index (κ3) is 7.08. The highest BCUT2D eigenvalue weighted by Crippen LogP contribution is 2.36. The Kier molecular flexibility index (Phi) is 9.26. The molecule has 1 aliphatic heterocycles. The third-order valence-corrected chi connectivity index (χ3v) is 6.66. The number of benzene rings is 3. The van der Waals surface area contributed by atoms with Gasteiger partial charge in [-0.1, -0.05) is 54.6 Å². The van der Waals surface area contributed by atoms with Gasteiger partial charge in [0.1, 0.15) is 18.5 Å². The molecule has 4 aromatic rings. The largest absolute Gasteiger partial charge is 0.512 e. The standard InChI is InChI=1S/C33H28N2O9/c1-21(36)19-26-34-27(37)17-18-35(26)30-29(44-33(40)24-15-9-4-10-16-24)28(43-32(39)23-13-7-3-8-14-23)25(42-30)20-41-31(38)22-11-5-2-6-12-22/h2-19,25,28-30,36H,20H2,1H3/b21-19-/t25-,28-,29-,30-/m1/s1. The fourth-order valence-electron chi connectivity index (χ4n) is 4.62. The summed E-state index contributed by atoms with van der Waals surface area (Å²) in [6.07, 6.45) is -2.36. The van der Waals surface area contributed by atoms with Crippen LogP contribution in [0.5, 0.6) is 0 Å². The van der Waals surface area contributed by atoms with Gasteiger partial charge in [0.15, 0.2) is 18.4 Å². The molecule has 5 rings (SSSR count). The Hall–Kier alpha value is -5.55. The Morgan fingerprint density at radius 3 is 1.82 bits per heavy atom. The van der Waals surface area contributed by atoms with Crippen LogP contribution in [-0.4, -0.2) is 57.5 Å². The molecule has 0 unspecified atom stereocenters. The van der Waals surface area contributed by atoms with Crippen LogP contribution in [0, 0.1) is 0 Å². The molecule has 0 amide bonds. The molecule has 0 aliphatic carbocycles. The summed E-state index contributed by atoms with van der Waals surface area (Å²) in [5, 5.41) is 9.98. The molecule has 224 valence electrons. The normalized spacial score (nSPS) is 19.6. The average molecular weight is 597 g/mol. The van der Waals surface area contributed by atoms with Gasteiger partial charge >= 0.3 is 17.9 Å². The van der Waals surface area contributed by atoms with Crippen LogP contribution in [0.1, 0.15) is 50.1 Å². The quantitative estimate of drug-likeness (QED) is 0.168. The highest BCUT2D eigenvalue weighted by Gasteiger charge is 2.51. The number of hydrogen-bond donors (Lipinski definition) is 1. The van der Waals surface area contributed by atoms with Gasteiger partial charge < -0.3 is 28.6 Å². The third-order valence-electron chi connectivity index (χ3n) is 6.66. The molecule has 3 aromatic carbocycles. The van der Waals surface area contributed by atoms with E-state index in [9.17, 15) is 24.3 Å². The van der Waals surface area contributed by atoms with E-state index in [1.54, 1.807) is 91.0 Å². The molecule has 0 bridgehead atoms. The topological polar surface area (TPSA) is 143 Å². The number of rotatable bonds is 9. The van der Waals surface area contributed by atoms with Gasteiger partial charge in [-0.25, -0.2) is 14.4 Å². The Bertz CT molecular complexity index is 1700. The first-order valence-corrected chi connectivity index (χ1v) is 13.7. The van der Waals surface area contributed by atoms with Crippen molar-refractivity contribution in [2.24, 2.45) is 0 Å². The van der Waals surface area contributed by atoms with E-state index in [1.807, 2.05) is 0 Å². The lowest BCUT2D eigenvalue weighted by Gasteiger charge is -2.26. The summed E-state index contributed by atoms with van der Waals surface area (Å²) >= 11 is 0. The molecule has 1 saturated heterocycles. The van der Waals surface area contributed by atoms with Crippen molar-refractivity contribution in [2.45, 2.75) is 31.5 Å². The van der Waals surface area contributed by atoms with Crippen LogP contribution in [0.4, 0.5) is 0 Å². The monoisotopic (exact) mass is 596 g/mol. The number of nitrogens with zero attached hydrogens (tertiary/aromatic N) is 2. The zero-order chi connectivity index (χ0) is 31.1. The van der Waals surface area contributed by atoms with E-state index in [2.05, 4.69) is 4.98 Å². The molecule has 11 nitrogen and oxygen atoms in total. The van der Waals surface area contributed by atoms with Crippen molar-refractivity contribution < 1.29 is 38.4 Å². The number of esters is 3. The zero-order valence-corrected chi connectivity index (χ0v) is 23.5. The summed E-state index contributed by atoms with van der Waals surface area (Å²) in [5.41, 5.74) is 0.156. The Morgan fingerprint density at radius 2 is 1.30 bits per heavy atom. The lowest BCUT2D eigenvalue weighted by atomic mass is 10.1. The minimum atomic E-state index is -1.31. The van der Waals surface area contributed by atoms with Gasteiger partial charge in [0.05, 0.1) is 22.4 Å². The summed E-state index contributed by atoms with van der Waals surface area (Å²) in [6.45, 7) is 1.01. The maximum absolute atomic E-state index is 13.3. The van der Waals surface area contributed by atoms with Crippen molar-refractivity contribution in [3.05, 3.63) is 142 Å². The Labute approximate surface area is 251 Å². The molecular formula is C33H28N2O9. The highest BCUT2D eigenvalue weighted by atomic mass is 16.7. The number of aromatic nitrogens is 2. The van der Waals surface area contributed by atoms with E-state index in [-0.39, 0.29) is 29.3 Å². The minimum absolute atomic E-state index is 0.0154. The Morgan fingerprint density at radius 1 is 0.795 bits per heavy atom. The maximum Gasteiger partial charge on any atom is 0.338 e.